The first-order valence-electron chi connectivity index (χ1n) is 10.5. The van der Waals surface area contributed by atoms with Crippen molar-refractivity contribution in [2.24, 2.45) is 23.0 Å². The SMILES string of the molecule is CCCCN(/N=C/c1cc(-c2cncn2C)nc(NC2CCN(S(N)=O)CC2)n1)C(N)=S. The highest BCUT2D eigenvalue weighted by Crippen LogP contribution is 2.20. The maximum Gasteiger partial charge on any atom is 0.224 e. The fourth-order valence-corrected chi connectivity index (χ4v) is 4.07. The number of rotatable bonds is 9. The van der Waals surface area contributed by atoms with Crippen LogP contribution in [0.2, 0.25) is 0 Å². The smallest absolute Gasteiger partial charge is 0.224 e. The molecule has 174 valence electrons. The summed E-state index contributed by atoms with van der Waals surface area (Å²) < 4.78 is 15.1. The number of nitrogens with zero attached hydrogens (tertiary/aromatic N) is 7. The predicted molar refractivity (Wildman–Crippen MR) is 131 cm³/mol. The Hall–Kier alpha value is -2.48. The van der Waals surface area contributed by atoms with Gasteiger partial charge in [0.25, 0.3) is 0 Å². The van der Waals surface area contributed by atoms with E-state index in [1.54, 1.807) is 28.1 Å². The number of aromatic nitrogens is 4. The van der Waals surface area contributed by atoms with E-state index in [9.17, 15) is 4.21 Å². The number of hydrazone groups is 1. The van der Waals surface area contributed by atoms with Gasteiger partial charge in [-0.25, -0.2) is 33.6 Å². The summed E-state index contributed by atoms with van der Waals surface area (Å²) in [6.45, 7) is 4.04. The Morgan fingerprint density at radius 1 is 1.44 bits per heavy atom. The molecule has 0 bridgehead atoms. The molecular formula is C19H30N10OS2. The number of anilines is 1. The van der Waals surface area contributed by atoms with Crippen LogP contribution in [-0.4, -0.2) is 70.0 Å². The first kappa shape index (κ1) is 24.2. The molecule has 1 atom stereocenters. The Labute approximate surface area is 196 Å². The summed E-state index contributed by atoms with van der Waals surface area (Å²) in [7, 11) is 1.91. The molecule has 2 aromatic heterocycles. The van der Waals surface area contributed by atoms with Gasteiger partial charge >= 0.3 is 0 Å². The number of hydrogen-bond donors (Lipinski definition) is 3. The second kappa shape index (κ2) is 11.4. The van der Waals surface area contributed by atoms with Gasteiger partial charge in [0, 0.05) is 32.7 Å². The molecule has 2 aromatic rings. The van der Waals surface area contributed by atoms with Crippen molar-refractivity contribution in [3.8, 4) is 11.4 Å². The van der Waals surface area contributed by atoms with Crippen molar-refractivity contribution in [3.05, 3.63) is 24.3 Å². The van der Waals surface area contributed by atoms with Gasteiger partial charge in [0.15, 0.2) is 16.3 Å². The molecule has 1 aliphatic rings. The van der Waals surface area contributed by atoms with E-state index in [0.717, 1.165) is 37.1 Å². The third-order valence-corrected chi connectivity index (χ3v) is 6.26. The highest BCUT2D eigenvalue weighted by Gasteiger charge is 2.22. The van der Waals surface area contributed by atoms with E-state index >= 15 is 0 Å². The molecule has 1 aliphatic heterocycles. The normalized spacial score (nSPS) is 16.3. The number of unbranched alkanes of at least 4 members (excludes halogenated alkanes) is 1. The summed E-state index contributed by atoms with van der Waals surface area (Å²) >= 11 is 3.68. The van der Waals surface area contributed by atoms with E-state index in [1.165, 1.54) is 0 Å². The predicted octanol–water partition coefficient (Wildman–Crippen LogP) is 0.970. The molecule has 1 fully saturated rings. The Bertz CT molecular complexity index is 971. The molecule has 3 rings (SSSR count). The van der Waals surface area contributed by atoms with Crippen molar-refractivity contribution in [1.82, 2.24) is 28.8 Å². The van der Waals surface area contributed by atoms with Crippen molar-refractivity contribution >= 4 is 40.7 Å². The van der Waals surface area contributed by atoms with Crippen LogP contribution in [0.25, 0.3) is 11.4 Å². The first-order valence-corrected chi connectivity index (χ1v) is 12.1. The van der Waals surface area contributed by atoms with Crippen LogP contribution in [-0.2, 0) is 18.2 Å². The molecule has 0 amide bonds. The van der Waals surface area contributed by atoms with E-state index in [1.807, 2.05) is 17.7 Å². The molecule has 32 heavy (non-hydrogen) atoms. The second-order valence-corrected chi connectivity index (χ2v) is 9.06. The van der Waals surface area contributed by atoms with Crippen LogP contribution in [0.5, 0.6) is 0 Å². The van der Waals surface area contributed by atoms with Gasteiger partial charge in [-0.2, -0.15) is 5.10 Å². The van der Waals surface area contributed by atoms with Gasteiger partial charge in [0.05, 0.1) is 35.8 Å². The molecule has 11 nitrogen and oxygen atoms in total. The molecule has 0 aromatic carbocycles. The quantitative estimate of drug-likeness (QED) is 0.275. The van der Waals surface area contributed by atoms with Crippen LogP contribution >= 0.6 is 12.2 Å². The number of nitrogens with one attached hydrogen (secondary N) is 1. The van der Waals surface area contributed by atoms with Gasteiger partial charge < -0.3 is 15.6 Å². The number of piperidine rings is 1. The third kappa shape index (κ3) is 6.51. The van der Waals surface area contributed by atoms with Crippen LogP contribution in [0, 0.1) is 0 Å². The fourth-order valence-electron chi connectivity index (χ4n) is 3.36. The van der Waals surface area contributed by atoms with Crippen molar-refractivity contribution in [2.45, 2.75) is 38.6 Å². The molecule has 0 spiro atoms. The van der Waals surface area contributed by atoms with Crippen LogP contribution in [0.1, 0.15) is 38.3 Å². The number of imidazole rings is 1. The van der Waals surface area contributed by atoms with Crippen LogP contribution in [0.4, 0.5) is 5.95 Å². The topological polar surface area (TPSA) is 144 Å². The minimum atomic E-state index is -1.44. The molecule has 0 aliphatic carbocycles. The Balaban J connectivity index is 1.83. The zero-order valence-electron chi connectivity index (χ0n) is 18.3. The minimum absolute atomic E-state index is 0.152. The zero-order valence-corrected chi connectivity index (χ0v) is 20.0. The van der Waals surface area contributed by atoms with Crippen molar-refractivity contribution in [1.29, 1.82) is 0 Å². The Morgan fingerprint density at radius 3 is 2.78 bits per heavy atom. The Morgan fingerprint density at radius 2 is 2.19 bits per heavy atom. The molecule has 3 heterocycles. The molecule has 5 N–H and O–H groups in total. The van der Waals surface area contributed by atoms with Gasteiger partial charge in [-0.3, -0.25) is 0 Å². The van der Waals surface area contributed by atoms with Crippen LogP contribution < -0.4 is 16.2 Å². The van der Waals surface area contributed by atoms with Crippen molar-refractivity contribution in [2.75, 3.05) is 25.0 Å². The number of nitrogens with two attached hydrogens (primary N) is 2. The van der Waals surface area contributed by atoms with Crippen molar-refractivity contribution in [3.63, 3.8) is 0 Å². The second-order valence-electron chi connectivity index (χ2n) is 7.57. The monoisotopic (exact) mass is 478 g/mol. The average Bonchev–Trinajstić information content (AvgIpc) is 3.19. The van der Waals surface area contributed by atoms with Gasteiger partial charge in [-0.1, -0.05) is 13.3 Å². The van der Waals surface area contributed by atoms with Gasteiger partial charge in [0.2, 0.25) is 5.95 Å². The fraction of sp³-hybridized carbons (Fsp3) is 0.526. The largest absolute Gasteiger partial charge is 0.375 e. The van der Waals surface area contributed by atoms with E-state index in [4.69, 9.17) is 23.1 Å². The standard InChI is InChI=1S/C19H30N10OS2/c1-3-4-7-29(18(20)31)23-11-15-10-16(17-12-22-13-27(17)2)26-19(25-15)24-14-5-8-28(9-6-14)32(21)30/h10-14H,3-9,21H2,1-2H3,(H2,20,31)(H,24,25,26)/b23-11+. The van der Waals surface area contributed by atoms with Gasteiger partial charge in [-0.15, -0.1) is 0 Å². The minimum Gasteiger partial charge on any atom is -0.375 e. The van der Waals surface area contributed by atoms with E-state index in [0.29, 0.717) is 31.3 Å². The van der Waals surface area contributed by atoms with Gasteiger partial charge in [0.1, 0.15) is 0 Å². The van der Waals surface area contributed by atoms with Gasteiger partial charge in [-0.05, 0) is 37.5 Å². The van der Waals surface area contributed by atoms with Crippen LogP contribution in [0.3, 0.4) is 0 Å². The molecule has 0 saturated carbocycles. The Kier molecular flexibility index (Phi) is 8.61. The van der Waals surface area contributed by atoms with E-state index in [-0.39, 0.29) is 11.2 Å². The highest BCUT2D eigenvalue weighted by atomic mass is 32.2. The van der Waals surface area contributed by atoms with E-state index < -0.39 is 11.2 Å². The number of hydrogen-bond acceptors (Lipinski definition) is 7. The van der Waals surface area contributed by atoms with Crippen LogP contribution in [0.15, 0.2) is 23.7 Å². The highest BCUT2D eigenvalue weighted by molar-refractivity contribution is 7.80. The third-order valence-electron chi connectivity index (χ3n) is 5.17. The molecule has 1 saturated heterocycles. The zero-order chi connectivity index (χ0) is 23.1. The lowest BCUT2D eigenvalue weighted by Gasteiger charge is -2.30. The van der Waals surface area contributed by atoms with Crippen molar-refractivity contribution < 1.29 is 4.21 Å². The molecular weight excluding hydrogens is 448 g/mol. The average molecular weight is 479 g/mol. The molecule has 1 unspecified atom stereocenters. The van der Waals surface area contributed by atoms with E-state index in [2.05, 4.69) is 32.3 Å². The summed E-state index contributed by atoms with van der Waals surface area (Å²) in [6, 6.07) is 2.00. The summed E-state index contributed by atoms with van der Waals surface area (Å²) in [5.74, 6) is 0.493. The summed E-state index contributed by atoms with van der Waals surface area (Å²) in [5.41, 5.74) is 8.01. The number of thiocarbonyl (C=S) groups is 1. The first-order chi connectivity index (χ1) is 15.4. The molecule has 0 radical (unpaired) electrons. The lowest BCUT2D eigenvalue weighted by atomic mass is 10.1. The lowest BCUT2D eigenvalue weighted by Crippen LogP contribution is -2.42. The number of aryl methyl sites for hydroxylation is 1. The summed E-state index contributed by atoms with van der Waals surface area (Å²) in [5, 5.41) is 15.2. The summed E-state index contributed by atoms with van der Waals surface area (Å²) in [6.07, 6.45) is 8.64. The lowest BCUT2D eigenvalue weighted by molar-refractivity contribution is 0.345. The summed E-state index contributed by atoms with van der Waals surface area (Å²) in [4.78, 5) is 13.5. The maximum atomic E-state index is 11.5. The maximum absolute atomic E-state index is 11.5. The molecule has 13 heteroatoms.